The Morgan fingerprint density at radius 2 is 1.67 bits per heavy atom. The predicted octanol–water partition coefficient (Wildman–Crippen LogP) is 3.94. The van der Waals surface area contributed by atoms with Gasteiger partial charge in [0.15, 0.2) is 0 Å². The van der Waals surface area contributed by atoms with Crippen molar-refractivity contribution in [1.29, 1.82) is 0 Å². The fourth-order valence-electron chi connectivity index (χ4n) is 1.67. The van der Waals surface area contributed by atoms with Gasteiger partial charge in [-0.2, -0.15) is 0 Å². The average Bonchev–Trinajstić information content (AvgIpc) is 2.78. The molecule has 3 nitrogen and oxygen atoms in total. The molecule has 0 spiro atoms. The van der Waals surface area contributed by atoms with E-state index >= 15 is 0 Å². The molecular formula is C15H16O3. The number of rotatable bonds is 2. The number of hydrogen-bond acceptors (Lipinski definition) is 2. The third-order valence-corrected chi connectivity index (χ3v) is 2.76. The summed E-state index contributed by atoms with van der Waals surface area (Å²) >= 11 is 0. The molecule has 0 atom stereocenters. The SMILES string of the molecule is CC(C)(C)c1ccc(-c2ccc(C(=O)O)cc2)o1. The Bertz CT molecular complexity index is 556. The number of aromatic carboxylic acids is 1. The van der Waals surface area contributed by atoms with Crippen molar-refractivity contribution in [2.24, 2.45) is 0 Å². The zero-order chi connectivity index (χ0) is 13.3. The fraction of sp³-hybridized carbons (Fsp3) is 0.267. The van der Waals surface area contributed by atoms with Gasteiger partial charge in [-0.3, -0.25) is 0 Å². The summed E-state index contributed by atoms with van der Waals surface area (Å²) in [6.07, 6.45) is 0. The third-order valence-electron chi connectivity index (χ3n) is 2.76. The number of carbonyl (C=O) groups is 1. The van der Waals surface area contributed by atoms with E-state index in [1.54, 1.807) is 24.3 Å². The molecule has 3 heteroatoms. The maximum Gasteiger partial charge on any atom is 0.335 e. The molecule has 0 unspecified atom stereocenters. The van der Waals surface area contributed by atoms with Gasteiger partial charge in [0.05, 0.1) is 5.56 Å². The van der Waals surface area contributed by atoms with E-state index in [1.165, 1.54) is 0 Å². The second-order valence-electron chi connectivity index (χ2n) is 5.30. The number of carboxylic acid groups (broad SMARTS) is 1. The molecule has 2 aromatic rings. The van der Waals surface area contributed by atoms with Crippen LogP contribution in [0.3, 0.4) is 0 Å². The van der Waals surface area contributed by atoms with Gasteiger partial charge in [0.1, 0.15) is 11.5 Å². The molecule has 1 heterocycles. The maximum atomic E-state index is 10.8. The van der Waals surface area contributed by atoms with E-state index in [-0.39, 0.29) is 11.0 Å². The van der Waals surface area contributed by atoms with E-state index in [4.69, 9.17) is 9.52 Å². The number of benzene rings is 1. The first-order valence-corrected chi connectivity index (χ1v) is 5.82. The van der Waals surface area contributed by atoms with Gasteiger partial charge < -0.3 is 9.52 Å². The van der Waals surface area contributed by atoms with Crippen LogP contribution in [0.4, 0.5) is 0 Å². The zero-order valence-electron chi connectivity index (χ0n) is 10.7. The lowest BCUT2D eigenvalue weighted by Crippen LogP contribution is -2.08. The van der Waals surface area contributed by atoms with E-state index < -0.39 is 5.97 Å². The molecule has 0 saturated carbocycles. The quantitative estimate of drug-likeness (QED) is 0.870. The lowest BCUT2D eigenvalue weighted by molar-refractivity contribution is 0.0697. The van der Waals surface area contributed by atoms with Gasteiger partial charge in [0, 0.05) is 11.0 Å². The molecule has 0 bridgehead atoms. The molecule has 0 aliphatic rings. The van der Waals surface area contributed by atoms with Gasteiger partial charge in [-0.05, 0) is 24.3 Å². The van der Waals surface area contributed by atoms with Gasteiger partial charge in [-0.15, -0.1) is 0 Å². The van der Waals surface area contributed by atoms with Crippen molar-refractivity contribution in [3.63, 3.8) is 0 Å². The van der Waals surface area contributed by atoms with E-state index in [1.807, 2.05) is 12.1 Å². The molecule has 2 rings (SSSR count). The van der Waals surface area contributed by atoms with E-state index in [2.05, 4.69) is 20.8 Å². The highest BCUT2D eigenvalue weighted by Crippen LogP contribution is 2.29. The van der Waals surface area contributed by atoms with Crippen LogP contribution >= 0.6 is 0 Å². The summed E-state index contributed by atoms with van der Waals surface area (Å²) in [4.78, 5) is 10.8. The first-order valence-electron chi connectivity index (χ1n) is 5.82. The van der Waals surface area contributed by atoms with Crippen LogP contribution in [0.15, 0.2) is 40.8 Å². The highest BCUT2D eigenvalue weighted by atomic mass is 16.4. The van der Waals surface area contributed by atoms with Crippen molar-refractivity contribution >= 4 is 5.97 Å². The molecule has 0 amide bonds. The van der Waals surface area contributed by atoms with Gasteiger partial charge in [-0.1, -0.05) is 32.9 Å². The van der Waals surface area contributed by atoms with Crippen molar-refractivity contribution < 1.29 is 14.3 Å². The fourth-order valence-corrected chi connectivity index (χ4v) is 1.67. The summed E-state index contributed by atoms with van der Waals surface area (Å²) in [6, 6.07) is 10.5. The average molecular weight is 244 g/mol. The molecule has 18 heavy (non-hydrogen) atoms. The highest BCUT2D eigenvalue weighted by Gasteiger charge is 2.18. The molecule has 1 N–H and O–H groups in total. The molecule has 0 saturated heterocycles. The maximum absolute atomic E-state index is 10.8. The summed E-state index contributed by atoms with van der Waals surface area (Å²) in [5.74, 6) is 0.757. The predicted molar refractivity (Wildman–Crippen MR) is 69.8 cm³/mol. The van der Waals surface area contributed by atoms with Gasteiger partial charge in [0.2, 0.25) is 0 Å². The second-order valence-corrected chi connectivity index (χ2v) is 5.30. The van der Waals surface area contributed by atoms with Crippen molar-refractivity contribution in [3.05, 3.63) is 47.7 Å². The topological polar surface area (TPSA) is 50.4 Å². The normalized spacial score (nSPS) is 11.5. The van der Waals surface area contributed by atoms with Crippen LogP contribution in [0.2, 0.25) is 0 Å². The molecule has 0 fully saturated rings. The van der Waals surface area contributed by atoms with Crippen LogP contribution in [0.1, 0.15) is 36.9 Å². The van der Waals surface area contributed by atoms with Crippen molar-refractivity contribution in [2.75, 3.05) is 0 Å². The summed E-state index contributed by atoms with van der Waals surface area (Å²) in [6.45, 7) is 6.26. The highest BCUT2D eigenvalue weighted by molar-refractivity contribution is 5.88. The van der Waals surface area contributed by atoms with Crippen molar-refractivity contribution in [1.82, 2.24) is 0 Å². The van der Waals surface area contributed by atoms with Crippen LogP contribution in [-0.4, -0.2) is 11.1 Å². The molecule has 94 valence electrons. The molecule has 0 aliphatic heterocycles. The summed E-state index contributed by atoms with van der Waals surface area (Å²) in [5.41, 5.74) is 1.14. The Balaban J connectivity index is 2.32. The number of hydrogen-bond donors (Lipinski definition) is 1. The molecule has 0 radical (unpaired) electrons. The van der Waals surface area contributed by atoms with Crippen molar-refractivity contribution in [3.8, 4) is 11.3 Å². The molecular weight excluding hydrogens is 228 g/mol. The van der Waals surface area contributed by atoms with E-state index in [9.17, 15) is 4.79 Å². The minimum absolute atomic E-state index is 0.0285. The van der Waals surface area contributed by atoms with E-state index in [0.29, 0.717) is 0 Å². The first-order chi connectivity index (χ1) is 8.38. The molecule has 1 aromatic heterocycles. The second kappa shape index (κ2) is 4.33. The number of furan rings is 1. The van der Waals surface area contributed by atoms with E-state index in [0.717, 1.165) is 17.1 Å². The largest absolute Gasteiger partial charge is 0.478 e. The van der Waals surface area contributed by atoms with Gasteiger partial charge in [-0.25, -0.2) is 4.79 Å². The standard InChI is InChI=1S/C15H16O3/c1-15(2,3)13-9-8-12(18-13)10-4-6-11(7-5-10)14(16)17/h4-9H,1-3H3,(H,16,17). The summed E-state index contributed by atoms with van der Waals surface area (Å²) in [5, 5.41) is 8.83. The number of carboxylic acids is 1. The van der Waals surface area contributed by atoms with Crippen LogP contribution in [0, 0.1) is 0 Å². The monoisotopic (exact) mass is 244 g/mol. The Kier molecular flexibility index (Phi) is 2.99. The lowest BCUT2D eigenvalue weighted by Gasteiger charge is -2.14. The van der Waals surface area contributed by atoms with Gasteiger partial charge in [0.25, 0.3) is 0 Å². The summed E-state index contributed by atoms with van der Waals surface area (Å²) < 4.78 is 5.79. The Morgan fingerprint density at radius 3 is 2.11 bits per heavy atom. The van der Waals surface area contributed by atoms with Gasteiger partial charge >= 0.3 is 5.97 Å². The Hall–Kier alpha value is -2.03. The zero-order valence-corrected chi connectivity index (χ0v) is 10.7. The van der Waals surface area contributed by atoms with Crippen LogP contribution in [0.25, 0.3) is 11.3 Å². The summed E-state index contributed by atoms with van der Waals surface area (Å²) in [7, 11) is 0. The minimum atomic E-state index is -0.920. The molecule has 0 aliphatic carbocycles. The Labute approximate surface area is 106 Å². The van der Waals surface area contributed by atoms with Crippen LogP contribution in [0.5, 0.6) is 0 Å². The first kappa shape index (κ1) is 12.4. The van der Waals surface area contributed by atoms with Crippen LogP contribution < -0.4 is 0 Å². The third kappa shape index (κ3) is 2.45. The smallest absolute Gasteiger partial charge is 0.335 e. The minimum Gasteiger partial charge on any atom is -0.478 e. The Morgan fingerprint density at radius 1 is 1.06 bits per heavy atom. The van der Waals surface area contributed by atoms with Crippen molar-refractivity contribution in [2.45, 2.75) is 26.2 Å². The van der Waals surface area contributed by atoms with Crippen LogP contribution in [-0.2, 0) is 5.41 Å². The lowest BCUT2D eigenvalue weighted by atomic mass is 9.94. The molecule has 1 aromatic carbocycles.